The average Bonchev–Trinajstić information content (AvgIpc) is 3.36. The number of hydrogen-bond donors (Lipinski definition) is 1. The summed E-state index contributed by atoms with van der Waals surface area (Å²) in [6, 6.07) is 7.69. The highest BCUT2D eigenvalue weighted by Gasteiger charge is 2.34. The number of nitrogens with one attached hydrogen (secondary N) is 1. The van der Waals surface area contributed by atoms with E-state index in [0.717, 1.165) is 42.3 Å². The van der Waals surface area contributed by atoms with Gasteiger partial charge in [-0.1, -0.05) is 55.1 Å². The fourth-order valence-corrected chi connectivity index (χ4v) is 6.06. The number of carbonyl (C=O) groups is 2. The molecule has 2 aromatic rings. The molecule has 2 aromatic carbocycles. The zero-order valence-corrected chi connectivity index (χ0v) is 24.4. The van der Waals surface area contributed by atoms with Gasteiger partial charge in [-0.3, -0.25) is 24.0 Å². The Morgan fingerprint density at radius 2 is 1.82 bits per heavy atom. The van der Waals surface area contributed by atoms with Crippen LogP contribution in [-0.2, 0) is 26.2 Å². The topological polar surface area (TPSA) is 130 Å². The summed E-state index contributed by atoms with van der Waals surface area (Å²) in [5, 5.41) is 15.1. The molecule has 0 bridgehead atoms. The van der Waals surface area contributed by atoms with Gasteiger partial charge in [0.2, 0.25) is 21.8 Å². The second-order valence-corrected chi connectivity index (χ2v) is 12.4. The van der Waals surface area contributed by atoms with Crippen molar-refractivity contribution >= 4 is 56.4 Å². The first-order chi connectivity index (χ1) is 18.3. The summed E-state index contributed by atoms with van der Waals surface area (Å²) in [4.78, 5) is 39.3. The monoisotopic (exact) mass is 598 g/mol. The van der Waals surface area contributed by atoms with Crippen molar-refractivity contribution in [3.63, 3.8) is 0 Å². The third-order valence-electron chi connectivity index (χ3n) is 6.79. The molecular formula is C26H32Cl2N4O6S. The van der Waals surface area contributed by atoms with Gasteiger partial charge in [0, 0.05) is 34.8 Å². The van der Waals surface area contributed by atoms with Crippen molar-refractivity contribution in [1.29, 1.82) is 0 Å². The number of amides is 2. The van der Waals surface area contributed by atoms with E-state index in [2.05, 4.69) is 5.32 Å². The number of nitrogens with zero attached hydrogens (tertiary/aromatic N) is 3. The summed E-state index contributed by atoms with van der Waals surface area (Å²) in [7, 11) is -4.05. The van der Waals surface area contributed by atoms with Gasteiger partial charge in [-0.25, -0.2) is 8.42 Å². The van der Waals surface area contributed by atoms with Crippen molar-refractivity contribution in [2.75, 3.05) is 17.1 Å². The highest BCUT2D eigenvalue weighted by Crippen LogP contribution is 2.29. The second kappa shape index (κ2) is 13.0. The maximum atomic E-state index is 13.9. The standard InChI is InChI=1S/C26H32Cl2N4O6S/c1-4-23(26(34)29-20-7-5-6-8-20)30(15-18-10-11-19(27)13-22(18)28)25(33)16-31(39(3,37)38)24-14-21(32(35)36)12-9-17(24)2/h9-14,20,23H,4-8,15-16H2,1-3H3,(H,29,34)/t23-/m0/s1. The van der Waals surface area contributed by atoms with Crippen molar-refractivity contribution in [2.45, 2.75) is 64.6 Å². The SMILES string of the molecule is CC[C@@H](C(=O)NC1CCCC1)N(Cc1ccc(Cl)cc1Cl)C(=O)CN(c1cc([N+](=O)[O-])ccc1C)S(C)(=O)=O. The largest absolute Gasteiger partial charge is 0.352 e. The first kappa shape index (κ1) is 30.6. The average molecular weight is 600 g/mol. The quantitative estimate of drug-likeness (QED) is 0.291. The molecule has 1 atom stereocenters. The van der Waals surface area contributed by atoms with Crippen molar-refractivity contribution < 1.29 is 22.9 Å². The van der Waals surface area contributed by atoms with Crippen molar-refractivity contribution in [1.82, 2.24) is 10.2 Å². The highest BCUT2D eigenvalue weighted by atomic mass is 35.5. The van der Waals surface area contributed by atoms with E-state index in [1.807, 2.05) is 0 Å². The summed E-state index contributed by atoms with van der Waals surface area (Å²) >= 11 is 12.4. The van der Waals surface area contributed by atoms with Gasteiger partial charge < -0.3 is 10.2 Å². The predicted octanol–water partition coefficient (Wildman–Crippen LogP) is 4.84. The van der Waals surface area contributed by atoms with Crippen LogP contribution in [-0.4, -0.2) is 54.9 Å². The lowest BCUT2D eigenvalue weighted by atomic mass is 10.1. The summed E-state index contributed by atoms with van der Waals surface area (Å²) in [5.41, 5.74) is 0.646. The number of carbonyl (C=O) groups excluding carboxylic acids is 2. The smallest absolute Gasteiger partial charge is 0.271 e. The van der Waals surface area contributed by atoms with Gasteiger partial charge in [0.15, 0.2) is 0 Å². The Balaban J connectivity index is 2.01. The van der Waals surface area contributed by atoms with Crippen molar-refractivity contribution in [2.24, 2.45) is 0 Å². The number of anilines is 1. The molecule has 1 N–H and O–H groups in total. The predicted molar refractivity (Wildman–Crippen MR) is 152 cm³/mol. The molecular weight excluding hydrogens is 567 g/mol. The van der Waals surface area contributed by atoms with Crippen LogP contribution >= 0.6 is 23.2 Å². The Morgan fingerprint density at radius 3 is 2.38 bits per heavy atom. The van der Waals surface area contributed by atoms with E-state index < -0.39 is 33.4 Å². The molecule has 0 radical (unpaired) electrons. The number of aryl methyl sites for hydroxylation is 1. The molecule has 2 amide bonds. The number of nitro groups is 1. The third-order valence-corrected chi connectivity index (χ3v) is 8.51. The molecule has 0 aromatic heterocycles. The zero-order chi connectivity index (χ0) is 28.9. The highest BCUT2D eigenvalue weighted by molar-refractivity contribution is 7.92. The Labute approximate surface area is 238 Å². The van der Waals surface area contributed by atoms with Crippen LogP contribution in [0, 0.1) is 17.0 Å². The van der Waals surface area contributed by atoms with Gasteiger partial charge >= 0.3 is 0 Å². The van der Waals surface area contributed by atoms with Crippen LogP contribution in [0.3, 0.4) is 0 Å². The number of benzene rings is 2. The summed E-state index contributed by atoms with van der Waals surface area (Å²) in [6.45, 7) is 2.62. The van der Waals surface area contributed by atoms with E-state index in [9.17, 15) is 28.1 Å². The van der Waals surface area contributed by atoms with Crippen LogP contribution in [0.15, 0.2) is 36.4 Å². The van der Waals surface area contributed by atoms with Crippen LogP contribution in [0.25, 0.3) is 0 Å². The molecule has 39 heavy (non-hydrogen) atoms. The number of sulfonamides is 1. The first-order valence-corrected chi connectivity index (χ1v) is 15.2. The van der Waals surface area contributed by atoms with E-state index >= 15 is 0 Å². The Bertz CT molecular complexity index is 1350. The van der Waals surface area contributed by atoms with Gasteiger partial charge in [0.05, 0.1) is 16.9 Å². The maximum Gasteiger partial charge on any atom is 0.271 e. The Hall–Kier alpha value is -2.89. The van der Waals surface area contributed by atoms with E-state index in [0.29, 0.717) is 21.2 Å². The lowest BCUT2D eigenvalue weighted by molar-refractivity contribution is -0.384. The zero-order valence-electron chi connectivity index (χ0n) is 22.0. The van der Waals surface area contributed by atoms with Crippen LogP contribution in [0.2, 0.25) is 10.0 Å². The summed E-state index contributed by atoms with van der Waals surface area (Å²) < 4.78 is 26.5. The molecule has 1 fully saturated rings. The van der Waals surface area contributed by atoms with Gasteiger partial charge in [-0.2, -0.15) is 0 Å². The molecule has 1 aliphatic rings. The molecule has 0 saturated heterocycles. The van der Waals surface area contributed by atoms with E-state index in [4.69, 9.17) is 23.2 Å². The second-order valence-electron chi connectivity index (χ2n) is 9.67. The Kier molecular flexibility index (Phi) is 10.2. The summed E-state index contributed by atoms with van der Waals surface area (Å²) in [5.74, 6) is -0.994. The van der Waals surface area contributed by atoms with Gasteiger partial charge in [-0.05, 0) is 49.4 Å². The van der Waals surface area contributed by atoms with Crippen LogP contribution in [0.4, 0.5) is 11.4 Å². The number of nitro benzene ring substituents is 1. The third kappa shape index (κ3) is 7.83. The minimum Gasteiger partial charge on any atom is -0.352 e. The molecule has 212 valence electrons. The lowest BCUT2D eigenvalue weighted by Gasteiger charge is -2.33. The van der Waals surface area contributed by atoms with Crippen LogP contribution in [0.5, 0.6) is 0 Å². The number of hydrogen-bond acceptors (Lipinski definition) is 6. The first-order valence-electron chi connectivity index (χ1n) is 12.6. The molecule has 0 unspecified atom stereocenters. The number of non-ortho nitro benzene ring substituents is 1. The normalized spacial score (nSPS) is 14.6. The van der Waals surface area contributed by atoms with Crippen LogP contribution in [0.1, 0.15) is 50.2 Å². The molecule has 1 saturated carbocycles. The molecule has 13 heteroatoms. The van der Waals surface area contributed by atoms with Gasteiger partial charge in [0.25, 0.3) is 5.69 Å². The fraction of sp³-hybridized carbons (Fsp3) is 0.462. The van der Waals surface area contributed by atoms with E-state index in [1.165, 1.54) is 23.1 Å². The van der Waals surface area contributed by atoms with Crippen molar-refractivity contribution in [3.8, 4) is 0 Å². The molecule has 3 rings (SSSR count). The Morgan fingerprint density at radius 1 is 1.15 bits per heavy atom. The minimum atomic E-state index is -4.05. The van der Waals surface area contributed by atoms with E-state index in [-0.39, 0.29) is 36.3 Å². The fourth-order valence-electron chi connectivity index (χ4n) is 4.70. The molecule has 0 spiro atoms. The number of rotatable bonds is 11. The van der Waals surface area contributed by atoms with E-state index in [1.54, 1.807) is 26.0 Å². The number of halogens is 2. The van der Waals surface area contributed by atoms with Gasteiger partial charge in [0.1, 0.15) is 12.6 Å². The molecule has 1 aliphatic carbocycles. The van der Waals surface area contributed by atoms with Gasteiger partial charge in [-0.15, -0.1) is 0 Å². The van der Waals surface area contributed by atoms with Crippen LogP contribution < -0.4 is 9.62 Å². The molecule has 0 heterocycles. The maximum absolute atomic E-state index is 13.9. The minimum absolute atomic E-state index is 0.00739. The molecule has 10 nitrogen and oxygen atoms in total. The lowest BCUT2D eigenvalue weighted by Crippen LogP contribution is -2.53. The molecule has 0 aliphatic heterocycles. The summed E-state index contributed by atoms with van der Waals surface area (Å²) in [6.07, 6.45) is 4.92. The van der Waals surface area contributed by atoms with Crippen molar-refractivity contribution in [3.05, 3.63) is 67.7 Å².